The van der Waals surface area contributed by atoms with E-state index >= 15 is 0 Å². The molecular formula is C52H47F6N7O5. The van der Waals surface area contributed by atoms with Crippen molar-refractivity contribution < 1.29 is 50.5 Å². The van der Waals surface area contributed by atoms with E-state index in [4.69, 9.17) is 9.47 Å². The third-order valence-electron chi connectivity index (χ3n) is 11.5. The molecule has 4 heterocycles. The van der Waals surface area contributed by atoms with E-state index in [1.807, 2.05) is 62.4 Å². The van der Waals surface area contributed by atoms with E-state index in [1.165, 1.54) is 6.07 Å². The number of amides is 1. The molecule has 1 fully saturated rings. The molecule has 362 valence electrons. The van der Waals surface area contributed by atoms with Crippen LogP contribution in [0, 0.1) is 13.8 Å². The summed E-state index contributed by atoms with van der Waals surface area (Å²) in [5.41, 5.74) is 6.67. The summed E-state index contributed by atoms with van der Waals surface area (Å²) in [6.45, 7) is 5.00. The van der Waals surface area contributed by atoms with Crippen molar-refractivity contribution in [3.63, 3.8) is 0 Å². The number of anilines is 2. The fourth-order valence-electron chi connectivity index (χ4n) is 7.64. The number of alkyl halides is 6. The standard InChI is InChI=1S/C28H27F3N4O2.C24H20F3N3O3/c1-18-14-19(8-9-22(18)26(36)34-27(2)10-11-27)24-16-33-25-23(32-13-12-28(29,30)31)15-21(17-35(24)25)37-20-6-4-3-5-7-20;1-15-11-16(7-8-19(15)23(31)32)21-13-29-22-20(28-10-9-24(25,26)27)12-18(14-30(21)22)33-17-5-3-2-4-6-17/h3-9,14-17,32H,10-13H2,1-2H3,(H,34,36);2-8,11-14,28H,9-10H2,1H3,(H,31,32). The Hall–Kier alpha value is -8.02. The van der Waals surface area contributed by atoms with E-state index in [0.717, 1.165) is 29.7 Å². The van der Waals surface area contributed by atoms with Gasteiger partial charge in [-0.1, -0.05) is 48.5 Å². The summed E-state index contributed by atoms with van der Waals surface area (Å²) in [7, 11) is 0. The highest BCUT2D eigenvalue weighted by Gasteiger charge is 2.39. The van der Waals surface area contributed by atoms with Gasteiger partial charge in [-0.15, -0.1) is 0 Å². The SMILES string of the molecule is Cc1cc(-c2cnc3c(NCCC(F)(F)F)cc(Oc4ccccc4)cn23)ccc1C(=O)NC1(C)CC1.Cc1cc(-c2cnc3c(NCCC(F)(F)F)cc(Oc4ccccc4)cn23)ccc1C(=O)O. The minimum Gasteiger partial charge on any atom is -0.478 e. The molecular weight excluding hydrogens is 917 g/mol. The molecule has 0 saturated heterocycles. The van der Waals surface area contributed by atoms with Gasteiger partial charge in [0.25, 0.3) is 5.91 Å². The highest BCUT2D eigenvalue weighted by Crippen LogP contribution is 2.36. The number of benzene rings is 4. The number of aryl methyl sites for hydroxylation is 2. The van der Waals surface area contributed by atoms with Gasteiger partial charge in [-0.3, -0.25) is 13.6 Å². The normalized spacial score (nSPS) is 13.0. The van der Waals surface area contributed by atoms with Crippen molar-refractivity contribution in [2.45, 2.75) is 64.3 Å². The Morgan fingerprint density at radius 3 is 1.44 bits per heavy atom. The smallest absolute Gasteiger partial charge is 0.390 e. The predicted molar refractivity (Wildman–Crippen MR) is 254 cm³/mol. The number of carbonyl (C=O) groups excluding carboxylic acids is 1. The van der Waals surface area contributed by atoms with E-state index in [1.54, 1.807) is 95.1 Å². The Morgan fingerprint density at radius 1 is 0.629 bits per heavy atom. The number of carboxylic acids is 1. The molecule has 0 aliphatic heterocycles. The first-order valence-corrected chi connectivity index (χ1v) is 22.2. The van der Waals surface area contributed by atoms with E-state index < -0.39 is 31.2 Å². The van der Waals surface area contributed by atoms with Crippen LogP contribution in [0.2, 0.25) is 0 Å². The van der Waals surface area contributed by atoms with Crippen molar-refractivity contribution in [2.24, 2.45) is 0 Å². The van der Waals surface area contributed by atoms with Crippen LogP contribution >= 0.6 is 0 Å². The average molecular weight is 964 g/mol. The maximum absolute atomic E-state index is 12.8. The number of para-hydroxylation sites is 2. The van der Waals surface area contributed by atoms with Crippen molar-refractivity contribution in [3.05, 3.63) is 156 Å². The lowest BCUT2D eigenvalue weighted by Gasteiger charge is -2.15. The van der Waals surface area contributed by atoms with E-state index in [9.17, 15) is 41.0 Å². The molecule has 4 N–H and O–H groups in total. The molecule has 0 bridgehead atoms. The molecule has 12 nitrogen and oxygen atoms in total. The Bertz CT molecular complexity index is 3170. The molecule has 0 atom stereocenters. The number of rotatable bonds is 15. The van der Waals surface area contributed by atoms with Crippen LogP contribution in [0.25, 0.3) is 33.8 Å². The van der Waals surface area contributed by atoms with Crippen molar-refractivity contribution in [2.75, 3.05) is 23.7 Å². The topological polar surface area (TPSA) is 144 Å². The van der Waals surface area contributed by atoms with Gasteiger partial charge in [0, 0.05) is 47.5 Å². The maximum atomic E-state index is 12.8. The second-order valence-corrected chi connectivity index (χ2v) is 17.1. The van der Waals surface area contributed by atoms with Crippen LogP contribution < -0.4 is 25.4 Å². The summed E-state index contributed by atoms with van der Waals surface area (Å²) >= 11 is 0. The van der Waals surface area contributed by atoms with Gasteiger partial charge >= 0.3 is 18.3 Å². The van der Waals surface area contributed by atoms with Gasteiger partial charge in [-0.05, 0) is 93.3 Å². The van der Waals surface area contributed by atoms with Crippen LogP contribution in [0.1, 0.15) is 64.4 Å². The van der Waals surface area contributed by atoms with Crippen LogP contribution in [-0.4, -0.2) is 66.7 Å². The molecule has 8 aromatic rings. The minimum absolute atomic E-state index is 0.100. The van der Waals surface area contributed by atoms with Crippen molar-refractivity contribution in [1.82, 2.24) is 24.1 Å². The zero-order valence-corrected chi connectivity index (χ0v) is 38.1. The van der Waals surface area contributed by atoms with E-state index in [2.05, 4.69) is 25.9 Å². The Morgan fingerprint density at radius 2 is 1.06 bits per heavy atom. The number of fused-ring (bicyclic) bond motifs is 2. The van der Waals surface area contributed by atoms with Crippen LogP contribution in [0.4, 0.5) is 37.7 Å². The second kappa shape index (κ2) is 19.9. The number of halogens is 6. The largest absolute Gasteiger partial charge is 0.478 e. The Kier molecular flexibility index (Phi) is 13.8. The number of nitrogens with zero attached hydrogens (tertiary/aromatic N) is 4. The second-order valence-electron chi connectivity index (χ2n) is 17.1. The lowest BCUT2D eigenvalue weighted by molar-refractivity contribution is -0.132. The first-order chi connectivity index (χ1) is 33.3. The molecule has 18 heteroatoms. The molecule has 4 aromatic carbocycles. The summed E-state index contributed by atoms with van der Waals surface area (Å²) in [4.78, 5) is 33.0. The number of aromatic carboxylic acids is 1. The molecule has 1 aliphatic rings. The molecule has 0 unspecified atom stereocenters. The minimum atomic E-state index is -4.29. The molecule has 0 spiro atoms. The molecule has 0 radical (unpaired) electrons. The molecule has 4 aromatic heterocycles. The third-order valence-corrected chi connectivity index (χ3v) is 11.5. The van der Waals surface area contributed by atoms with Crippen molar-refractivity contribution in [1.29, 1.82) is 0 Å². The zero-order valence-electron chi connectivity index (χ0n) is 38.1. The van der Waals surface area contributed by atoms with Crippen LogP contribution in [0.5, 0.6) is 23.0 Å². The molecule has 9 rings (SSSR count). The quantitative estimate of drug-likeness (QED) is 0.0738. The molecule has 1 amide bonds. The van der Waals surface area contributed by atoms with Gasteiger partial charge in [-0.2, -0.15) is 26.3 Å². The summed E-state index contributed by atoms with van der Waals surface area (Å²) in [6, 6.07) is 31.8. The maximum Gasteiger partial charge on any atom is 0.390 e. The summed E-state index contributed by atoms with van der Waals surface area (Å²) in [5, 5.41) is 18.0. The van der Waals surface area contributed by atoms with E-state index in [0.29, 0.717) is 68.1 Å². The lowest BCUT2D eigenvalue weighted by Crippen LogP contribution is -2.34. The first kappa shape index (κ1) is 48.4. The molecule has 1 aliphatic carbocycles. The number of carboxylic acid groups (broad SMARTS) is 1. The fourth-order valence-corrected chi connectivity index (χ4v) is 7.64. The van der Waals surface area contributed by atoms with E-state index in [-0.39, 0.29) is 30.1 Å². The number of pyridine rings is 2. The summed E-state index contributed by atoms with van der Waals surface area (Å²) in [5.74, 6) is 0.893. The summed E-state index contributed by atoms with van der Waals surface area (Å²) < 4.78 is 91.7. The Balaban J connectivity index is 0.000000190. The van der Waals surface area contributed by atoms with Gasteiger partial charge in [0.15, 0.2) is 11.3 Å². The van der Waals surface area contributed by atoms with Crippen LogP contribution in [-0.2, 0) is 0 Å². The lowest BCUT2D eigenvalue weighted by atomic mass is 10.0. The van der Waals surface area contributed by atoms with Crippen molar-refractivity contribution >= 4 is 34.5 Å². The van der Waals surface area contributed by atoms with Gasteiger partial charge < -0.3 is 30.5 Å². The number of hydrogen-bond acceptors (Lipinski definition) is 8. The number of nitrogens with one attached hydrogen (secondary N) is 3. The number of carbonyl (C=O) groups is 2. The van der Waals surface area contributed by atoms with Crippen LogP contribution in [0.3, 0.4) is 0 Å². The number of hydrogen-bond donors (Lipinski definition) is 4. The highest BCUT2D eigenvalue weighted by atomic mass is 19.4. The fraction of sp³-hybridized carbons (Fsp3) is 0.231. The first-order valence-electron chi connectivity index (χ1n) is 22.2. The van der Waals surface area contributed by atoms with Crippen molar-refractivity contribution in [3.8, 4) is 45.5 Å². The molecule has 1 saturated carbocycles. The molecule has 70 heavy (non-hydrogen) atoms. The average Bonchev–Trinajstić information content (AvgIpc) is 3.63. The third kappa shape index (κ3) is 12.0. The number of imidazole rings is 2. The van der Waals surface area contributed by atoms with Gasteiger partial charge in [0.1, 0.15) is 23.0 Å². The predicted octanol–water partition coefficient (Wildman–Crippen LogP) is 12.9. The highest BCUT2D eigenvalue weighted by molar-refractivity contribution is 5.97. The van der Waals surface area contributed by atoms with Gasteiger partial charge in [0.05, 0.1) is 66.0 Å². The van der Waals surface area contributed by atoms with Gasteiger partial charge in [-0.25, -0.2) is 14.8 Å². The summed E-state index contributed by atoms with van der Waals surface area (Å²) in [6.07, 6.45) is -1.87. The number of ether oxygens (including phenoxy) is 2. The van der Waals surface area contributed by atoms with Gasteiger partial charge in [0.2, 0.25) is 0 Å². The van der Waals surface area contributed by atoms with Crippen LogP contribution in [0.15, 0.2) is 134 Å². The Labute approximate surface area is 397 Å². The monoisotopic (exact) mass is 963 g/mol. The zero-order chi connectivity index (χ0) is 49.8. The number of aromatic nitrogens is 4.